The summed E-state index contributed by atoms with van der Waals surface area (Å²) in [4.78, 5) is 27.0. The number of anilines is 2. The summed E-state index contributed by atoms with van der Waals surface area (Å²) in [7, 11) is 1.77. The maximum absolute atomic E-state index is 15.6. The number of nitrogens with zero attached hydrogens (tertiary/aromatic N) is 6. The molecule has 0 spiro atoms. The van der Waals surface area contributed by atoms with Crippen molar-refractivity contribution in [2.45, 2.75) is 76.3 Å². The van der Waals surface area contributed by atoms with Gasteiger partial charge in [-0.15, -0.1) is 0 Å². The van der Waals surface area contributed by atoms with Crippen LogP contribution < -0.4 is 15.4 Å². The molecule has 2 aliphatic heterocycles. The predicted molar refractivity (Wildman–Crippen MR) is 166 cm³/mol. The van der Waals surface area contributed by atoms with E-state index in [0.29, 0.717) is 17.1 Å². The van der Waals surface area contributed by atoms with Gasteiger partial charge in [-0.2, -0.15) is 28.4 Å². The van der Waals surface area contributed by atoms with E-state index in [1.807, 2.05) is 9.80 Å². The van der Waals surface area contributed by atoms with E-state index in [4.69, 9.17) is 15.5 Å². The zero-order valence-electron chi connectivity index (χ0n) is 27.1. The van der Waals surface area contributed by atoms with Gasteiger partial charge in [-0.1, -0.05) is 13.5 Å². The number of benzene rings is 1. The Bertz CT molecular complexity index is 1610. The molecule has 5 atom stereocenters. The van der Waals surface area contributed by atoms with Crippen LogP contribution in [0.25, 0.3) is 0 Å². The standard InChI is InChI=1S/C33H39F6N7O2/c1-17-10-24-26(13-23(17)27-28(33(37,38)39)18(2)11-25(41)29(27)36)42-32(48-16-22-12-20(35)14-44(22)4)43-30(24)45-8-9-46(31(47)19(3)34)21(15-45)6-5-7-40/h11,17,20-23H,3,5-6,8-10,12-16,41H2,1-2,4H3/t17-,20+,21-,22-,23-/m0/s1. The van der Waals surface area contributed by atoms with Crippen LogP contribution in [0, 0.1) is 30.0 Å². The normalized spacial score (nSPS) is 24.7. The first-order valence-corrected chi connectivity index (χ1v) is 15.9. The summed E-state index contributed by atoms with van der Waals surface area (Å²) in [6.45, 7) is 6.92. The highest BCUT2D eigenvalue weighted by atomic mass is 19.4. The van der Waals surface area contributed by atoms with Gasteiger partial charge < -0.3 is 20.3 Å². The molecule has 5 rings (SSSR count). The third-order valence-electron chi connectivity index (χ3n) is 9.76. The second kappa shape index (κ2) is 13.8. The first kappa shape index (κ1) is 35.3. The number of hydrogen-bond acceptors (Lipinski definition) is 8. The molecule has 48 heavy (non-hydrogen) atoms. The fraction of sp³-hybridized carbons (Fsp3) is 0.576. The molecule has 1 aromatic carbocycles. The van der Waals surface area contributed by atoms with E-state index < -0.39 is 58.9 Å². The van der Waals surface area contributed by atoms with Crippen molar-refractivity contribution in [2.24, 2.45) is 5.92 Å². The van der Waals surface area contributed by atoms with Crippen LogP contribution in [0.1, 0.15) is 60.1 Å². The largest absolute Gasteiger partial charge is 0.462 e. The van der Waals surface area contributed by atoms with Crippen LogP contribution in [0.15, 0.2) is 18.5 Å². The summed E-state index contributed by atoms with van der Waals surface area (Å²) in [6.07, 6.45) is -5.12. The van der Waals surface area contributed by atoms with E-state index in [0.717, 1.165) is 6.07 Å². The van der Waals surface area contributed by atoms with Crippen molar-refractivity contribution < 1.29 is 35.9 Å². The minimum atomic E-state index is -4.83. The number of carbonyl (C=O) groups is 1. The van der Waals surface area contributed by atoms with Gasteiger partial charge in [0.05, 0.1) is 29.1 Å². The van der Waals surface area contributed by atoms with Crippen LogP contribution in [0.3, 0.4) is 0 Å². The summed E-state index contributed by atoms with van der Waals surface area (Å²) in [5.41, 5.74) is 4.74. The lowest BCUT2D eigenvalue weighted by Gasteiger charge is -2.43. The summed E-state index contributed by atoms with van der Waals surface area (Å²) >= 11 is 0. The van der Waals surface area contributed by atoms with Crippen molar-refractivity contribution in [1.29, 1.82) is 5.26 Å². The second-order valence-corrected chi connectivity index (χ2v) is 13.1. The smallest absolute Gasteiger partial charge is 0.417 e. The van der Waals surface area contributed by atoms with Crippen molar-refractivity contribution in [1.82, 2.24) is 19.8 Å². The predicted octanol–water partition coefficient (Wildman–Crippen LogP) is 5.27. The number of likely N-dealkylation sites (N-methyl/N-ethyl adjacent to an activating group) is 1. The number of nitriles is 1. The number of likely N-dealkylation sites (tertiary alicyclic amines) is 1. The van der Waals surface area contributed by atoms with E-state index in [2.05, 4.69) is 17.6 Å². The average Bonchev–Trinajstić information content (AvgIpc) is 3.35. The van der Waals surface area contributed by atoms with Crippen molar-refractivity contribution in [3.8, 4) is 12.1 Å². The van der Waals surface area contributed by atoms with Gasteiger partial charge in [0.15, 0.2) is 5.83 Å². The number of nitrogen functional groups attached to an aromatic ring is 1. The Morgan fingerprint density at radius 2 is 1.94 bits per heavy atom. The molecular weight excluding hydrogens is 640 g/mol. The lowest BCUT2D eigenvalue weighted by molar-refractivity contribution is -0.139. The Kier molecular flexibility index (Phi) is 10.1. The Balaban J connectivity index is 1.56. The monoisotopic (exact) mass is 679 g/mol. The van der Waals surface area contributed by atoms with Gasteiger partial charge >= 0.3 is 12.2 Å². The van der Waals surface area contributed by atoms with Crippen molar-refractivity contribution in [2.75, 3.05) is 50.5 Å². The maximum Gasteiger partial charge on any atom is 0.417 e. The molecule has 9 nitrogen and oxygen atoms in total. The van der Waals surface area contributed by atoms with E-state index >= 15 is 4.39 Å². The minimum absolute atomic E-state index is 0.0575. The molecule has 2 fully saturated rings. The van der Waals surface area contributed by atoms with Crippen LogP contribution in [0.4, 0.5) is 37.8 Å². The Morgan fingerprint density at radius 3 is 2.56 bits per heavy atom. The van der Waals surface area contributed by atoms with Crippen LogP contribution in [0.2, 0.25) is 0 Å². The van der Waals surface area contributed by atoms with E-state index in [-0.39, 0.29) is 88.2 Å². The van der Waals surface area contributed by atoms with Gasteiger partial charge in [0.2, 0.25) is 0 Å². The molecule has 0 bridgehead atoms. The molecule has 0 saturated carbocycles. The number of rotatable bonds is 8. The number of ether oxygens (including phenoxy) is 1. The van der Waals surface area contributed by atoms with Crippen molar-refractivity contribution >= 4 is 17.4 Å². The zero-order valence-corrected chi connectivity index (χ0v) is 27.1. The minimum Gasteiger partial charge on any atom is -0.462 e. The number of halogens is 6. The topological polar surface area (TPSA) is 112 Å². The van der Waals surface area contributed by atoms with E-state index in [9.17, 15) is 32.0 Å². The van der Waals surface area contributed by atoms with Crippen LogP contribution in [-0.4, -0.2) is 83.8 Å². The Morgan fingerprint density at radius 1 is 1.21 bits per heavy atom. The van der Waals surface area contributed by atoms with Crippen LogP contribution in [-0.2, 0) is 23.8 Å². The quantitative estimate of drug-likeness (QED) is 0.228. The Labute approximate surface area is 275 Å². The second-order valence-electron chi connectivity index (χ2n) is 13.1. The first-order valence-electron chi connectivity index (χ1n) is 15.9. The molecule has 1 amide bonds. The van der Waals surface area contributed by atoms with Crippen LogP contribution in [0.5, 0.6) is 6.01 Å². The average molecular weight is 680 g/mol. The highest BCUT2D eigenvalue weighted by Gasteiger charge is 2.43. The van der Waals surface area contributed by atoms with Gasteiger partial charge in [-0.05, 0) is 63.1 Å². The fourth-order valence-electron chi connectivity index (χ4n) is 7.36. The highest BCUT2D eigenvalue weighted by molar-refractivity contribution is 5.91. The number of nitrogens with two attached hydrogens (primary N) is 1. The number of alkyl halides is 4. The number of fused-ring (bicyclic) bond motifs is 1. The number of aryl methyl sites for hydroxylation is 1. The van der Waals surface area contributed by atoms with Gasteiger partial charge in [0, 0.05) is 49.8 Å². The third-order valence-corrected chi connectivity index (χ3v) is 9.76. The van der Waals surface area contributed by atoms with E-state index in [1.54, 1.807) is 14.0 Å². The van der Waals surface area contributed by atoms with E-state index in [1.165, 1.54) is 11.8 Å². The lowest BCUT2D eigenvalue weighted by atomic mass is 9.73. The van der Waals surface area contributed by atoms with Gasteiger partial charge in [0.1, 0.15) is 24.4 Å². The van der Waals surface area contributed by atoms with Crippen LogP contribution >= 0.6 is 0 Å². The molecule has 1 aliphatic carbocycles. The SMILES string of the molecule is C=C(F)C(=O)N1CCN(c2nc(OC[C@@H]3C[C@@H](F)CN3C)nc3c2C[C@H](C)[C@@H](c2c(F)c(N)cc(C)c2C(F)(F)F)C3)C[C@@H]1CCC#N. The maximum atomic E-state index is 15.6. The highest BCUT2D eigenvalue weighted by Crippen LogP contribution is 2.47. The third kappa shape index (κ3) is 7.04. The molecule has 260 valence electrons. The summed E-state index contributed by atoms with van der Waals surface area (Å²) in [6, 6.07) is 2.15. The summed E-state index contributed by atoms with van der Waals surface area (Å²) in [5, 5.41) is 9.24. The molecule has 2 aromatic rings. The van der Waals surface area contributed by atoms with Crippen molar-refractivity contribution in [3.05, 3.63) is 52.2 Å². The Hall–Kier alpha value is -4.06. The molecule has 3 aliphatic rings. The molecule has 0 radical (unpaired) electrons. The zero-order chi connectivity index (χ0) is 35.1. The molecular formula is C33H39F6N7O2. The summed E-state index contributed by atoms with van der Waals surface area (Å²) < 4.78 is 92.7. The lowest BCUT2D eigenvalue weighted by Crippen LogP contribution is -2.56. The molecule has 3 heterocycles. The molecule has 15 heteroatoms. The number of carbonyl (C=O) groups excluding carboxylic acids is 1. The number of amides is 1. The van der Waals surface area contributed by atoms with Gasteiger partial charge in [0.25, 0.3) is 5.91 Å². The van der Waals surface area contributed by atoms with Crippen molar-refractivity contribution in [3.63, 3.8) is 0 Å². The van der Waals surface area contributed by atoms with Gasteiger partial charge in [-0.25, -0.2) is 13.2 Å². The van der Waals surface area contributed by atoms with Gasteiger partial charge in [-0.3, -0.25) is 9.69 Å². The number of piperazine rings is 1. The molecule has 2 N–H and O–H groups in total. The number of aromatic nitrogens is 2. The molecule has 1 aromatic heterocycles. The molecule has 0 unspecified atom stereocenters. The molecule has 2 saturated heterocycles. The summed E-state index contributed by atoms with van der Waals surface area (Å²) in [5.74, 6) is -4.10. The first-order chi connectivity index (χ1) is 22.6. The number of hydrogen-bond donors (Lipinski definition) is 1. The fourth-order valence-corrected chi connectivity index (χ4v) is 7.36.